The number of aromatic carboxylic acids is 1. The summed E-state index contributed by atoms with van der Waals surface area (Å²) < 4.78 is 34.0. The molecule has 8 heteroatoms. The van der Waals surface area contributed by atoms with Gasteiger partial charge in [-0.1, -0.05) is 0 Å². The minimum Gasteiger partial charge on any atom is -0.475 e. The van der Waals surface area contributed by atoms with Crippen molar-refractivity contribution in [3.05, 3.63) is 47.4 Å². The van der Waals surface area contributed by atoms with E-state index < -0.39 is 18.5 Å². The normalized spacial score (nSPS) is 13.7. The van der Waals surface area contributed by atoms with Crippen LogP contribution in [0.4, 0.5) is 14.5 Å². The van der Waals surface area contributed by atoms with E-state index in [2.05, 4.69) is 4.74 Å². The highest BCUT2D eigenvalue weighted by molar-refractivity contribution is 6.05. The molecule has 0 radical (unpaired) electrons. The number of furan rings is 1. The van der Waals surface area contributed by atoms with E-state index in [1.807, 2.05) is 0 Å². The van der Waals surface area contributed by atoms with E-state index in [-0.39, 0.29) is 17.3 Å². The lowest BCUT2D eigenvalue weighted by molar-refractivity contribution is -0.0498. The second-order valence-electron chi connectivity index (χ2n) is 5.20. The number of ether oxygens (including phenoxy) is 1. The number of halogens is 2. The van der Waals surface area contributed by atoms with Gasteiger partial charge in [0.1, 0.15) is 5.75 Å². The van der Waals surface area contributed by atoms with Crippen LogP contribution in [0.25, 0.3) is 0 Å². The number of carbonyl (C=O) groups is 2. The minimum atomic E-state index is -2.91. The molecule has 2 aromatic rings. The number of fused-ring (bicyclic) bond motifs is 1. The van der Waals surface area contributed by atoms with Gasteiger partial charge in [0.25, 0.3) is 5.91 Å². The van der Waals surface area contributed by atoms with E-state index >= 15 is 0 Å². The topological polar surface area (TPSA) is 80.0 Å². The van der Waals surface area contributed by atoms with E-state index in [1.165, 1.54) is 35.2 Å². The number of alkyl halides is 2. The van der Waals surface area contributed by atoms with Gasteiger partial charge in [-0.05, 0) is 48.7 Å². The number of carboxylic acids is 1. The molecular formula is C16H13F2NO5. The van der Waals surface area contributed by atoms with Crippen molar-refractivity contribution in [2.45, 2.75) is 19.5 Å². The largest absolute Gasteiger partial charge is 0.475 e. The van der Waals surface area contributed by atoms with Crippen LogP contribution in [0.3, 0.4) is 0 Å². The van der Waals surface area contributed by atoms with Gasteiger partial charge in [0.05, 0.1) is 0 Å². The fourth-order valence-electron chi connectivity index (χ4n) is 2.66. The molecule has 0 bridgehead atoms. The number of benzene rings is 1. The lowest BCUT2D eigenvalue weighted by Gasteiger charge is -2.29. The van der Waals surface area contributed by atoms with Crippen molar-refractivity contribution in [1.82, 2.24) is 0 Å². The van der Waals surface area contributed by atoms with Crippen molar-refractivity contribution < 1.29 is 32.6 Å². The standard InChI is InChI=1S/C16H13F2NO5/c17-16(18)23-10-3-4-11-9(8-10)2-1-7-19(11)14(20)12-5-6-13(24-12)15(21)22/h3-6,8,16H,1-2,7H2,(H,21,22). The predicted octanol–water partition coefficient (Wildman–Crippen LogP) is 3.17. The van der Waals surface area contributed by atoms with E-state index in [9.17, 15) is 18.4 Å². The zero-order chi connectivity index (χ0) is 17.3. The van der Waals surface area contributed by atoms with E-state index in [0.29, 0.717) is 30.6 Å². The average Bonchev–Trinajstić information content (AvgIpc) is 3.03. The molecule has 0 unspecified atom stereocenters. The summed E-state index contributed by atoms with van der Waals surface area (Å²) in [6.07, 6.45) is 1.27. The Morgan fingerprint density at radius 2 is 1.96 bits per heavy atom. The van der Waals surface area contributed by atoms with Crippen LogP contribution in [0.5, 0.6) is 5.75 Å². The fourth-order valence-corrected chi connectivity index (χ4v) is 2.66. The van der Waals surface area contributed by atoms with Gasteiger partial charge in [-0.25, -0.2) is 4.79 Å². The Morgan fingerprint density at radius 1 is 1.21 bits per heavy atom. The summed E-state index contributed by atoms with van der Waals surface area (Å²) in [6.45, 7) is -2.49. The first-order chi connectivity index (χ1) is 11.5. The van der Waals surface area contributed by atoms with Crippen molar-refractivity contribution in [1.29, 1.82) is 0 Å². The summed E-state index contributed by atoms with van der Waals surface area (Å²) in [5.41, 5.74) is 1.28. The molecule has 0 saturated heterocycles. The van der Waals surface area contributed by atoms with Crippen molar-refractivity contribution >= 4 is 17.6 Å². The van der Waals surface area contributed by atoms with Gasteiger partial charge < -0.3 is 19.2 Å². The lowest BCUT2D eigenvalue weighted by Crippen LogP contribution is -2.35. The number of carbonyl (C=O) groups excluding carboxylic acids is 1. The highest BCUT2D eigenvalue weighted by Gasteiger charge is 2.27. The first kappa shape index (κ1) is 16.0. The maximum atomic E-state index is 12.5. The van der Waals surface area contributed by atoms with Gasteiger partial charge in [-0.3, -0.25) is 4.79 Å². The van der Waals surface area contributed by atoms with E-state index in [1.54, 1.807) is 0 Å². The summed E-state index contributed by atoms with van der Waals surface area (Å²) in [5.74, 6) is -2.12. The smallest absolute Gasteiger partial charge is 0.387 e. The molecule has 0 spiro atoms. The molecule has 3 rings (SSSR count). The number of rotatable bonds is 4. The third-order valence-electron chi connectivity index (χ3n) is 3.67. The number of hydrogen-bond donors (Lipinski definition) is 1. The summed E-state index contributed by atoms with van der Waals surface area (Å²) in [5, 5.41) is 8.86. The molecule has 0 aliphatic carbocycles. The van der Waals surface area contributed by atoms with Crippen LogP contribution >= 0.6 is 0 Å². The van der Waals surface area contributed by atoms with Crippen LogP contribution < -0.4 is 9.64 Å². The number of amides is 1. The van der Waals surface area contributed by atoms with Crippen molar-refractivity contribution in [2.75, 3.05) is 11.4 Å². The summed E-state index contributed by atoms with van der Waals surface area (Å²) in [7, 11) is 0. The molecule has 2 heterocycles. The van der Waals surface area contributed by atoms with E-state index in [0.717, 1.165) is 0 Å². The van der Waals surface area contributed by atoms with Gasteiger partial charge >= 0.3 is 12.6 Å². The molecule has 24 heavy (non-hydrogen) atoms. The molecule has 1 aliphatic rings. The van der Waals surface area contributed by atoms with Crippen LogP contribution in [0.15, 0.2) is 34.7 Å². The average molecular weight is 337 g/mol. The summed E-state index contributed by atoms with van der Waals surface area (Å²) in [4.78, 5) is 24.8. The molecule has 1 aromatic heterocycles. The van der Waals surface area contributed by atoms with Gasteiger partial charge in [0.2, 0.25) is 5.76 Å². The molecule has 1 aromatic carbocycles. The molecule has 1 amide bonds. The van der Waals surface area contributed by atoms with Crippen LogP contribution in [-0.2, 0) is 6.42 Å². The van der Waals surface area contributed by atoms with Crippen molar-refractivity contribution in [3.63, 3.8) is 0 Å². The fraction of sp³-hybridized carbons (Fsp3) is 0.250. The zero-order valence-corrected chi connectivity index (χ0v) is 12.4. The van der Waals surface area contributed by atoms with Crippen molar-refractivity contribution in [3.8, 4) is 5.75 Å². The molecule has 0 atom stereocenters. The molecular weight excluding hydrogens is 324 g/mol. The number of hydrogen-bond acceptors (Lipinski definition) is 4. The maximum Gasteiger partial charge on any atom is 0.387 e. The molecule has 1 aliphatic heterocycles. The second kappa shape index (κ2) is 6.31. The highest BCUT2D eigenvalue weighted by Crippen LogP contribution is 2.32. The van der Waals surface area contributed by atoms with Gasteiger partial charge in [-0.2, -0.15) is 8.78 Å². The monoisotopic (exact) mass is 337 g/mol. The Kier molecular flexibility index (Phi) is 4.20. The Hall–Kier alpha value is -2.90. The number of nitrogens with zero attached hydrogens (tertiary/aromatic N) is 1. The lowest BCUT2D eigenvalue weighted by atomic mass is 10.0. The highest BCUT2D eigenvalue weighted by atomic mass is 19.3. The Balaban J connectivity index is 1.88. The molecule has 1 N–H and O–H groups in total. The Labute approximate surface area is 135 Å². The van der Waals surface area contributed by atoms with E-state index in [4.69, 9.17) is 9.52 Å². The zero-order valence-electron chi connectivity index (χ0n) is 12.4. The van der Waals surface area contributed by atoms with Crippen LogP contribution in [0, 0.1) is 0 Å². The first-order valence-electron chi connectivity index (χ1n) is 7.18. The third-order valence-corrected chi connectivity index (χ3v) is 3.67. The third kappa shape index (κ3) is 3.08. The van der Waals surface area contributed by atoms with Crippen molar-refractivity contribution in [2.24, 2.45) is 0 Å². The maximum absolute atomic E-state index is 12.5. The Bertz CT molecular complexity index is 787. The Morgan fingerprint density at radius 3 is 2.62 bits per heavy atom. The summed E-state index contributed by atoms with van der Waals surface area (Å²) in [6, 6.07) is 6.88. The van der Waals surface area contributed by atoms with Crippen LogP contribution in [-0.4, -0.2) is 30.1 Å². The number of aryl methyl sites for hydroxylation is 1. The molecule has 126 valence electrons. The van der Waals surface area contributed by atoms with Gasteiger partial charge in [0.15, 0.2) is 5.76 Å². The second-order valence-corrected chi connectivity index (χ2v) is 5.20. The SMILES string of the molecule is O=C(O)c1ccc(C(=O)N2CCCc3cc(OC(F)F)ccc32)o1. The molecule has 0 fully saturated rings. The first-order valence-corrected chi connectivity index (χ1v) is 7.18. The number of anilines is 1. The molecule has 0 saturated carbocycles. The predicted molar refractivity (Wildman–Crippen MR) is 78.7 cm³/mol. The van der Waals surface area contributed by atoms with Gasteiger partial charge in [0, 0.05) is 12.2 Å². The molecule has 6 nitrogen and oxygen atoms in total. The quantitative estimate of drug-likeness (QED) is 0.927. The minimum absolute atomic E-state index is 0.0317. The number of carboxylic acid groups (broad SMARTS) is 1. The summed E-state index contributed by atoms with van der Waals surface area (Å²) >= 11 is 0. The van der Waals surface area contributed by atoms with Crippen LogP contribution in [0.2, 0.25) is 0 Å². The van der Waals surface area contributed by atoms with Crippen LogP contribution in [0.1, 0.15) is 33.1 Å². The van der Waals surface area contributed by atoms with Gasteiger partial charge in [-0.15, -0.1) is 0 Å².